The van der Waals surface area contributed by atoms with Crippen molar-refractivity contribution in [1.82, 2.24) is 19.3 Å². The van der Waals surface area contributed by atoms with Gasteiger partial charge in [0.1, 0.15) is 6.54 Å². The molecule has 5 rings (SSSR count). The standard InChI is InChI=1S/C21H24N4O5/c26-18-9-14(20(28)22-7-3-4-8-22)10-24(18)15-11-23(12-15)19(27)13-25-16-5-1-2-6-17(16)30-21(25)29/h1-2,5-6,14-15H,3-4,7-13H2. The van der Waals surface area contributed by atoms with E-state index in [0.717, 1.165) is 25.9 Å². The summed E-state index contributed by atoms with van der Waals surface area (Å²) in [6, 6.07) is 6.93. The van der Waals surface area contributed by atoms with Crippen LogP contribution in [-0.4, -0.2) is 75.8 Å². The highest BCUT2D eigenvalue weighted by atomic mass is 16.4. The lowest BCUT2D eigenvalue weighted by atomic mass is 10.1. The summed E-state index contributed by atoms with van der Waals surface area (Å²) in [6.45, 7) is 2.79. The van der Waals surface area contributed by atoms with Gasteiger partial charge < -0.3 is 19.1 Å². The minimum Gasteiger partial charge on any atom is -0.408 e. The first-order valence-corrected chi connectivity index (χ1v) is 10.5. The van der Waals surface area contributed by atoms with Crippen molar-refractivity contribution in [3.63, 3.8) is 0 Å². The lowest BCUT2D eigenvalue weighted by Crippen LogP contribution is -2.62. The summed E-state index contributed by atoms with van der Waals surface area (Å²) in [4.78, 5) is 55.0. The number of rotatable bonds is 4. The van der Waals surface area contributed by atoms with Crippen molar-refractivity contribution in [2.75, 3.05) is 32.7 Å². The Kier molecular flexibility index (Phi) is 4.60. The largest absolute Gasteiger partial charge is 0.420 e. The second-order valence-corrected chi connectivity index (χ2v) is 8.35. The van der Waals surface area contributed by atoms with Crippen LogP contribution in [0.5, 0.6) is 0 Å². The first kappa shape index (κ1) is 18.9. The highest BCUT2D eigenvalue weighted by Crippen LogP contribution is 2.27. The molecule has 1 unspecified atom stereocenters. The van der Waals surface area contributed by atoms with E-state index in [2.05, 4.69) is 0 Å². The van der Waals surface area contributed by atoms with Gasteiger partial charge in [-0.2, -0.15) is 0 Å². The Balaban J connectivity index is 1.18. The molecule has 0 saturated carbocycles. The molecule has 3 amide bonds. The van der Waals surface area contributed by atoms with Crippen LogP contribution in [0.1, 0.15) is 19.3 Å². The number of nitrogens with zero attached hydrogens (tertiary/aromatic N) is 4. The molecule has 1 aromatic carbocycles. The van der Waals surface area contributed by atoms with Gasteiger partial charge in [-0.1, -0.05) is 12.1 Å². The van der Waals surface area contributed by atoms with Crippen LogP contribution in [0.3, 0.4) is 0 Å². The summed E-state index contributed by atoms with van der Waals surface area (Å²) in [5.74, 6) is -0.935. The van der Waals surface area contributed by atoms with Crippen LogP contribution in [0.25, 0.3) is 11.1 Å². The number of para-hydroxylation sites is 2. The predicted octanol–water partition coefficient (Wildman–Crippen LogP) is 0.276. The van der Waals surface area contributed by atoms with Crippen LogP contribution in [0.4, 0.5) is 0 Å². The van der Waals surface area contributed by atoms with Crippen LogP contribution in [0.15, 0.2) is 33.5 Å². The van der Waals surface area contributed by atoms with Crippen LogP contribution in [-0.2, 0) is 20.9 Å². The van der Waals surface area contributed by atoms with Crippen molar-refractivity contribution in [3.8, 4) is 0 Å². The number of hydrogen-bond donors (Lipinski definition) is 0. The molecule has 0 N–H and O–H groups in total. The van der Waals surface area contributed by atoms with E-state index in [1.165, 1.54) is 4.57 Å². The van der Waals surface area contributed by atoms with Crippen LogP contribution in [0.2, 0.25) is 0 Å². The summed E-state index contributed by atoms with van der Waals surface area (Å²) in [5, 5.41) is 0. The number of benzene rings is 1. The Labute approximate surface area is 172 Å². The lowest BCUT2D eigenvalue weighted by molar-refractivity contribution is -0.144. The van der Waals surface area contributed by atoms with Crippen LogP contribution in [0, 0.1) is 5.92 Å². The molecule has 9 nitrogen and oxygen atoms in total. The number of hydrogen-bond acceptors (Lipinski definition) is 5. The zero-order valence-corrected chi connectivity index (χ0v) is 16.7. The third kappa shape index (κ3) is 3.18. The number of amides is 3. The quantitative estimate of drug-likeness (QED) is 0.719. The average Bonchev–Trinajstić information content (AvgIpc) is 3.41. The molecule has 1 aromatic heterocycles. The number of fused-ring (bicyclic) bond motifs is 1. The molecule has 9 heteroatoms. The first-order valence-electron chi connectivity index (χ1n) is 10.5. The van der Waals surface area contributed by atoms with Gasteiger partial charge in [-0.15, -0.1) is 0 Å². The Morgan fingerprint density at radius 2 is 1.73 bits per heavy atom. The van der Waals surface area contributed by atoms with E-state index in [0.29, 0.717) is 30.7 Å². The van der Waals surface area contributed by atoms with E-state index in [1.807, 2.05) is 4.90 Å². The third-order valence-corrected chi connectivity index (χ3v) is 6.45. The molecular weight excluding hydrogens is 388 g/mol. The van der Waals surface area contributed by atoms with Crippen molar-refractivity contribution in [2.24, 2.45) is 5.92 Å². The highest BCUT2D eigenvalue weighted by Gasteiger charge is 2.44. The molecule has 0 aliphatic carbocycles. The molecule has 3 saturated heterocycles. The molecule has 3 aliphatic heterocycles. The van der Waals surface area contributed by atoms with E-state index in [1.54, 1.807) is 34.1 Å². The molecule has 158 valence electrons. The van der Waals surface area contributed by atoms with Gasteiger partial charge in [0.15, 0.2) is 5.58 Å². The monoisotopic (exact) mass is 412 g/mol. The molecule has 4 heterocycles. The molecule has 0 bridgehead atoms. The minimum absolute atomic E-state index is 0.0123. The van der Waals surface area contributed by atoms with Crippen molar-refractivity contribution in [3.05, 3.63) is 34.8 Å². The average molecular weight is 412 g/mol. The van der Waals surface area contributed by atoms with Gasteiger partial charge in [0.05, 0.1) is 17.5 Å². The third-order valence-electron chi connectivity index (χ3n) is 6.45. The molecule has 0 spiro atoms. The number of likely N-dealkylation sites (tertiary alicyclic amines) is 3. The Bertz CT molecular complexity index is 1060. The maximum atomic E-state index is 12.6. The van der Waals surface area contributed by atoms with Gasteiger partial charge in [0.2, 0.25) is 17.7 Å². The number of aromatic nitrogens is 1. The predicted molar refractivity (Wildman–Crippen MR) is 106 cm³/mol. The fourth-order valence-corrected chi connectivity index (χ4v) is 4.70. The topological polar surface area (TPSA) is 96.1 Å². The summed E-state index contributed by atoms with van der Waals surface area (Å²) in [7, 11) is 0. The zero-order chi connectivity index (χ0) is 20.8. The van der Waals surface area contributed by atoms with Gasteiger partial charge in [-0.05, 0) is 25.0 Å². The Hall–Kier alpha value is -3.10. The summed E-state index contributed by atoms with van der Waals surface area (Å²) >= 11 is 0. The fraction of sp³-hybridized carbons (Fsp3) is 0.524. The molecule has 30 heavy (non-hydrogen) atoms. The van der Waals surface area contributed by atoms with Crippen molar-refractivity contribution < 1.29 is 18.8 Å². The molecule has 2 aromatic rings. The van der Waals surface area contributed by atoms with Gasteiger partial charge in [0, 0.05) is 39.1 Å². The van der Waals surface area contributed by atoms with Crippen molar-refractivity contribution in [2.45, 2.75) is 31.8 Å². The van der Waals surface area contributed by atoms with Gasteiger partial charge in [-0.25, -0.2) is 4.79 Å². The summed E-state index contributed by atoms with van der Waals surface area (Å²) < 4.78 is 6.50. The van der Waals surface area contributed by atoms with Gasteiger partial charge >= 0.3 is 5.76 Å². The molecule has 1 atom stereocenters. The molecule has 3 aliphatic rings. The van der Waals surface area contributed by atoms with Crippen LogP contribution < -0.4 is 5.76 Å². The normalized spacial score (nSPS) is 22.2. The van der Waals surface area contributed by atoms with E-state index in [9.17, 15) is 19.2 Å². The van der Waals surface area contributed by atoms with Crippen LogP contribution >= 0.6 is 0 Å². The van der Waals surface area contributed by atoms with E-state index >= 15 is 0 Å². The zero-order valence-electron chi connectivity index (χ0n) is 16.7. The Morgan fingerprint density at radius 1 is 1.00 bits per heavy atom. The maximum Gasteiger partial charge on any atom is 0.420 e. The number of oxazole rings is 1. The summed E-state index contributed by atoms with van der Waals surface area (Å²) in [6.07, 6.45) is 2.33. The Morgan fingerprint density at radius 3 is 2.50 bits per heavy atom. The smallest absolute Gasteiger partial charge is 0.408 e. The lowest BCUT2D eigenvalue weighted by Gasteiger charge is -2.44. The highest BCUT2D eigenvalue weighted by molar-refractivity contribution is 5.90. The molecule has 3 fully saturated rings. The van der Waals surface area contributed by atoms with E-state index in [-0.39, 0.29) is 42.6 Å². The van der Waals surface area contributed by atoms with E-state index < -0.39 is 5.76 Å². The van der Waals surface area contributed by atoms with Crippen molar-refractivity contribution in [1.29, 1.82) is 0 Å². The maximum absolute atomic E-state index is 12.6. The fourth-order valence-electron chi connectivity index (χ4n) is 4.70. The van der Waals surface area contributed by atoms with Crippen molar-refractivity contribution >= 4 is 28.8 Å². The van der Waals surface area contributed by atoms with Gasteiger partial charge in [-0.3, -0.25) is 19.0 Å². The van der Waals surface area contributed by atoms with E-state index in [4.69, 9.17) is 4.42 Å². The second-order valence-electron chi connectivity index (χ2n) is 8.35. The first-order chi connectivity index (χ1) is 14.5. The molecular formula is C21H24N4O5. The SMILES string of the molecule is O=C(Cn1c(=O)oc2ccccc21)N1CC(N2CC(C(=O)N3CCCC3)CC2=O)C1. The minimum atomic E-state index is -0.556. The second kappa shape index (κ2) is 7.30. The summed E-state index contributed by atoms with van der Waals surface area (Å²) in [5.41, 5.74) is 1.04. The number of carbonyl (C=O) groups is 3. The molecule has 0 radical (unpaired) electrons. The van der Waals surface area contributed by atoms with Gasteiger partial charge in [0.25, 0.3) is 0 Å². The number of carbonyl (C=O) groups excluding carboxylic acids is 3.